The smallest absolute Gasteiger partial charge is 0.137 e. The summed E-state index contributed by atoms with van der Waals surface area (Å²) in [5.41, 5.74) is 1.14. The van der Waals surface area contributed by atoms with E-state index in [1.165, 1.54) is 0 Å². The van der Waals surface area contributed by atoms with Crippen LogP contribution in [-0.2, 0) is 20.7 Å². The van der Waals surface area contributed by atoms with Crippen molar-refractivity contribution in [2.24, 2.45) is 22.2 Å². The number of allylic oxidation sites excluding steroid dienone is 3. The van der Waals surface area contributed by atoms with Crippen LogP contribution < -0.4 is 9.47 Å². The average Bonchev–Trinajstić information content (AvgIpc) is 2.87. The van der Waals surface area contributed by atoms with Crippen molar-refractivity contribution in [3.05, 3.63) is 46.9 Å². The Morgan fingerprint density at radius 1 is 1.03 bits per heavy atom. The lowest BCUT2D eigenvalue weighted by molar-refractivity contribution is -0.127. The number of Topliss-reactive ketones (excluding diaryl/α,β-unsaturated/α-hetero) is 1. The van der Waals surface area contributed by atoms with Crippen molar-refractivity contribution in [3.8, 4) is 11.5 Å². The molecule has 0 N–H and O–H groups in total. The number of carbonyl (C=O) groups is 1. The number of ether oxygens (including phenoxy) is 4. The summed E-state index contributed by atoms with van der Waals surface area (Å²) in [5.74, 6) is 3.97. The summed E-state index contributed by atoms with van der Waals surface area (Å²) in [4.78, 5) is 13.7. The monoisotopic (exact) mass is 482 g/mol. The van der Waals surface area contributed by atoms with Gasteiger partial charge in [-0.05, 0) is 73.3 Å². The highest BCUT2D eigenvalue weighted by molar-refractivity contribution is 5.80. The average molecular weight is 483 g/mol. The molecule has 0 radical (unpaired) electrons. The Morgan fingerprint density at radius 2 is 1.74 bits per heavy atom. The first-order chi connectivity index (χ1) is 16.3. The van der Waals surface area contributed by atoms with Gasteiger partial charge >= 0.3 is 0 Å². The maximum Gasteiger partial charge on any atom is 0.137 e. The van der Waals surface area contributed by atoms with Gasteiger partial charge < -0.3 is 18.9 Å². The number of benzene rings is 1. The lowest BCUT2D eigenvalue weighted by Crippen LogP contribution is -2.44. The number of fused-ring (bicyclic) bond motifs is 3. The standard InChI is InChI=1S/C30H42O5/c1-19-12-22(32-7)13-20-10-11-29(5,35-26(19)20)16-21(31)15-28(4)18-24-25(34-9)14-23(33-8)17-30(28,6)27(24,2)3/h12-14,17,24H,10-11,15-16,18H2,1-9H3/t24-,28-,29?,30+/m0/s1. The molecule has 1 fully saturated rings. The molecule has 1 saturated carbocycles. The summed E-state index contributed by atoms with van der Waals surface area (Å²) < 4.78 is 23.5. The Morgan fingerprint density at radius 3 is 2.37 bits per heavy atom. The van der Waals surface area contributed by atoms with E-state index in [4.69, 9.17) is 18.9 Å². The Kier molecular flexibility index (Phi) is 6.30. The highest BCUT2D eigenvalue weighted by atomic mass is 16.5. The molecule has 5 nitrogen and oxygen atoms in total. The normalized spacial score (nSPS) is 33.0. The molecule has 1 unspecified atom stereocenters. The molecule has 2 bridgehead atoms. The summed E-state index contributed by atoms with van der Waals surface area (Å²) in [7, 11) is 5.12. The minimum Gasteiger partial charge on any atom is -0.501 e. The van der Waals surface area contributed by atoms with Crippen LogP contribution in [0.15, 0.2) is 35.8 Å². The lowest BCUT2D eigenvalue weighted by Gasteiger charge is -2.47. The molecule has 192 valence electrons. The molecule has 0 saturated heterocycles. The van der Waals surface area contributed by atoms with Gasteiger partial charge in [-0.2, -0.15) is 0 Å². The molecule has 0 aromatic heterocycles. The summed E-state index contributed by atoms with van der Waals surface area (Å²) >= 11 is 0. The van der Waals surface area contributed by atoms with Crippen molar-refractivity contribution in [3.63, 3.8) is 0 Å². The first-order valence-corrected chi connectivity index (χ1v) is 12.7. The Bertz CT molecular complexity index is 1080. The fraction of sp³-hybridized carbons (Fsp3) is 0.633. The molecule has 1 aromatic carbocycles. The first kappa shape index (κ1) is 25.7. The summed E-state index contributed by atoms with van der Waals surface area (Å²) in [6.07, 6.45) is 7.75. The molecule has 3 aliphatic rings. The third-order valence-electron chi connectivity index (χ3n) is 9.64. The number of rotatable bonds is 7. The summed E-state index contributed by atoms with van der Waals surface area (Å²) in [6.45, 7) is 13.3. The fourth-order valence-corrected chi connectivity index (χ4v) is 7.01. The van der Waals surface area contributed by atoms with Gasteiger partial charge in [0.25, 0.3) is 0 Å². The van der Waals surface area contributed by atoms with Gasteiger partial charge in [0.2, 0.25) is 0 Å². The van der Waals surface area contributed by atoms with Crippen LogP contribution >= 0.6 is 0 Å². The predicted molar refractivity (Wildman–Crippen MR) is 138 cm³/mol. The van der Waals surface area contributed by atoms with E-state index in [2.05, 4.69) is 46.8 Å². The zero-order chi connectivity index (χ0) is 25.8. The molecule has 1 aromatic rings. The second-order valence-corrected chi connectivity index (χ2v) is 12.1. The van der Waals surface area contributed by atoms with E-state index >= 15 is 0 Å². The molecule has 4 atom stereocenters. The van der Waals surface area contributed by atoms with E-state index in [-0.39, 0.29) is 27.9 Å². The van der Waals surface area contributed by atoms with E-state index in [0.717, 1.165) is 53.4 Å². The van der Waals surface area contributed by atoms with Crippen LogP contribution in [0, 0.1) is 29.1 Å². The number of ketones is 1. The molecular formula is C30H42O5. The van der Waals surface area contributed by atoms with E-state index in [1.54, 1.807) is 21.3 Å². The van der Waals surface area contributed by atoms with Crippen LogP contribution in [0.25, 0.3) is 0 Å². The number of hydrogen-bond donors (Lipinski definition) is 0. The van der Waals surface area contributed by atoms with Crippen molar-refractivity contribution in [2.75, 3.05) is 21.3 Å². The van der Waals surface area contributed by atoms with Gasteiger partial charge in [0.15, 0.2) is 0 Å². The van der Waals surface area contributed by atoms with Crippen molar-refractivity contribution < 1.29 is 23.7 Å². The van der Waals surface area contributed by atoms with Crippen LogP contribution in [0.5, 0.6) is 11.5 Å². The van der Waals surface area contributed by atoms with E-state index < -0.39 is 5.60 Å². The van der Waals surface area contributed by atoms with E-state index in [9.17, 15) is 4.79 Å². The Balaban J connectivity index is 1.57. The molecule has 1 aliphatic heterocycles. The highest BCUT2D eigenvalue weighted by Gasteiger charge is 2.64. The van der Waals surface area contributed by atoms with Crippen molar-refractivity contribution in [1.29, 1.82) is 0 Å². The van der Waals surface area contributed by atoms with Gasteiger partial charge in [-0.3, -0.25) is 4.79 Å². The zero-order valence-corrected chi connectivity index (χ0v) is 23.0. The van der Waals surface area contributed by atoms with Crippen LogP contribution in [0.2, 0.25) is 0 Å². The molecule has 0 amide bonds. The second-order valence-electron chi connectivity index (χ2n) is 12.1. The van der Waals surface area contributed by atoms with Crippen LogP contribution in [-0.4, -0.2) is 32.7 Å². The zero-order valence-electron chi connectivity index (χ0n) is 23.0. The van der Waals surface area contributed by atoms with Crippen molar-refractivity contribution in [1.82, 2.24) is 0 Å². The number of carbonyl (C=O) groups excluding carboxylic acids is 1. The number of methoxy groups -OCH3 is 3. The third kappa shape index (κ3) is 4.05. The van der Waals surface area contributed by atoms with Gasteiger partial charge in [0.1, 0.15) is 34.4 Å². The summed E-state index contributed by atoms with van der Waals surface area (Å²) in [6, 6.07) is 4.05. The molecule has 2 aliphatic carbocycles. The largest absolute Gasteiger partial charge is 0.501 e. The lowest BCUT2D eigenvalue weighted by atomic mass is 9.56. The third-order valence-corrected chi connectivity index (χ3v) is 9.64. The molecular weight excluding hydrogens is 440 g/mol. The predicted octanol–water partition coefficient (Wildman–Crippen LogP) is 6.57. The van der Waals surface area contributed by atoms with Crippen LogP contribution in [0.3, 0.4) is 0 Å². The Labute approximate surface area is 210 Å². The molecule has 35 heavy (non-hydrogen) atoms. The maximum atomic E-state index is 13.7. The van der Waals surface area contributed by atoms with Gasteiger partial charge in [-0.1, -0.05) is 27.7 Å². The van der Waals surface area contributed by atoms with Crippen molar-refractivity contribution in [2.45, 2.75) is 79.2 Å². The Hall–Kier alpha value is -2.43. The van der Waals surface area contributed by atoms with Crippen molar-refractivity contribution >= 4 is 5.78 Å². The molecule has 1 heterocycles. The minimum atomic E-state index is -0.508. The minimum absolute atomic E-state index is 0.0928. The van der Waals surface area contributed by atoms with Gasteiger partial charge in [0.05, 0.1) is 21.3 Å². The van der Waals surface area contributed by atoms with Crippen LogP contribution in [0.4, 0.5) is 0 Å². The maximum absolute atomic E-state index is 13.7. The first-order valence-electron chi connectivity index (χ1n) is 12.7. The topological polar surface area (TPSA) is 54.0 Å². The number of aryl methyl sites for hydroxylation is 2. The van der Waals surface area contributed by atoms with E-state index in [0.29, 0.717) is 12.8 Å². The molecule has 0 spiro atoms. The highest BCUT2D eigenvalue weighted by Crippen LogP contribution is 2.70. The number of hydrogen-bond acceptors (Lipinski definition) is 5. The second kappa shape index (κ2) is 8.60. The summed E-state index contributed by atoms with van der Waals surface area (Å²) in [5, 5.41) is 0. The molecule has 4 rings (SSSR count). The van der Waals surface area contributed by atoms with Crippen LogP contribution in [0.1, 0.15) is 71.4 Å². The SMILES string of the molecule is COC1=C[C@]2(C)C(C)(C)[C@@H](C[C@]2(C)CC(=O)CC2(C)CCc3cc(OC)cc(C)c3O2)C(OC)=C1. The molecule has 5 heteroatoms. The quantitative estimate of drug-likeness (QED) is 0.440. The van der Waals surface area contributed by atoms with Gasteiger partial charge in [-0.25, -0.2) is 0 Å². The van der Waals surface area contributed by atoms with E-state index in [1.807, 2.05) is 19.1 Å². The van der Waals surface area contributed by atoms with Gasteiger partial charge in [0, 0.05) is 30.3 Å². The van der Waals surface area contributed by atoms with Gasteiger partial charge in [-0.15, -0.1) is 0 Å². The fourth-order valence-electron chi connectivity index (χ4n) is 7.01.